The van der Waals surface area contributed by atoms with Crippen LogP contribution in [0.1, 0.15) is 6.92 Å². The molecule has 19 heavy (non-hydrogen) atoms. The van der Waals surface area contributed by atoms with E-state index in [9.17, 15) is 19.2 Å². The zero-order valence-electron chi connectivity index (χ0n) is 9.77. The van der Waals surface area contributed by atoms with Crippen LogP contribution in [0.4, 0.5) is 0 Å². The van der Waals surface area contributed by atoms with Gasteiger partial charge in [0.15, 0.2) is 12.2 Å². The van der Waals surface area contributed by atoms with Gasteiger partial charge in [-0.05, 0) is 6.92 Å². The summed E-state index contributed by atoms with van der Waals surface area (Å²) >= 11 is 0. The number of aliphatic hydroxyl groups is 2. The maximum atomic E-state index is 10.5. The third kappa shape index (κ3) is 4.48. The maximum absolute atomic E-state index is 10.5. The molecule has 0 aromatic rings. The standard InChI is InChI=1S/C6H6O3.C4H6O6/c1-3-4(2)6(8)9-5(3)7;5-1(3(7)8)2(6)4(9)10/h4H,1H2,2H3;1-2,5-6H,(H,7,8)(H,9,10)/t4-;1-,2-/m01/s1. The SMILES string of the molecule is C=C1C(=O)OC(=O)[C@H]1C.O=C(O)[C@H](O)[C@@H](O)C(=O)O. The van der Waals surface area contributed by atoms with E-state index in [0.717, 1.165) is 0 Å². The van der Waals surface area contributed by atoms with Crippen LogP contribution in [0.5, 0.6) is 0 Å². The fourth-order valence-electron chi connectivity index (χ4n) is 0.834. The Morgan fingerprint density at radius 2 is 1.53 bits per heavy atom. The number of hydrogen-bond donors (Lipinski definition) is 4. The van der Waals surface area contributed by atoms with Crippen LogP contribution in [0.2, 0.25) is 0 Å². The van der Waals surface area contributed by atoms with Crippen LogP contribution >= 0.6 is 0 Å². The number of rotatable bonds is 3. The lowest BCUT2D eigenvalue weighted by Gasteiger charge is -2.07. The van der Waals surface area contributed by atoms with Crippen molar-refractivity contribution in [2.75, 3.05) is 0 Å². The van der Waals surface area contributed by atoms with Crippen molar-refractivity contribution in [3.63, 3.8) is 0 Å². The summed E-state index contributed by atoms with van der Waals surface area (Å²) in [4.78, 5) is 40.5. The lowest BCUT2D eigenvalue weighted by Crippen LogP contribution is -2.39. The van der Waals surface area contributed by atoms with Gasteiger partial charge in [0.1, 0.15) is 0 Å². The molecule has 0 aliphatic carbocycles. The van der Waals surface area contributed by atoms with E-state index in [1.54, 1.807) is 6.92 Å². The summed E-state index contributed by atoms with van der Waals surface area (Å²) in [6.45, 7) is 4.96. The van der Waals surface area contributed by atoms with Gasteiger partial charge in [-0.1, -0.05) is 6.58 Å². The second-order valence-electron chi connectivity index (χ2n) is 3.52. The van der Waals surface area contributed by atoms with E-state index in [-0.39, 0.29) is 5.57 Å². The Morgan fingerprint density at radius 3 is 1.63 bits per heavy atom. The minimum atomic E-state index is -2.27. The van der Waals surface area contributed by atoms with E-state index >= 15 is 0 Å². The number of carbonyl (C=O) groups excluding carboxylic acids is 2. The molecule has 1 fully saturated rings. The largest absolute Gasteiger partial charge is 0.479 e. The van der Waals surface area contributed by atoms with Crippen LogP contribution in [0.3, 0.4) is 0 Å². The third-order valence-corrected chi connectivity index (χ3v) is 2.14. The summed E-state index contributed by atoms with van der Waals surface area (Å²) in [7, 11) is 0. The van der Waals surface area contributed by atoms with Gasteiger partial charge in [-0.2, -0.15) is 0 Å². The Balaban J connectivity index is 0.000000342. The Labute approximate surface area is 106 Å². The van der Waals surface area contributed by atoms with Gasteiger partial charge in [-0.25, -0.2) is 14.4 Å². The van der Waals surface area contributed by atoms with Crippen LogP contribution in [0.15, 0.2) is 12.2 Å². The Hall–Kier alpha value is -2.26. The molecule has 9 heteroatoms. The van der Waals surface area contributed by atoms with Gasteiger partial charge in [0.05, 0.1) is 5.92 Å². The highest BCUT2D eigenvalue weighted by Gasteiger charge is 2.33. The van der Waals surface area contributed by atoms with Crippen LogP contribution < -0.4 is 0 Å². The van der Waals surface area contributed by atoms with Gasteiger partial charge in [-0.15, -0.1) is 0 Å². The highest BCUT2D eigenvalue weighted by molar-refractivity contribution is 6.06. The minimum Gasteiger partial charge on any atom is -0.479 e. The van der Waals surface area contributed by atoms with E-state index in [4.69, 9.17) is 20.4 Å². The number of esters is 2. The van der Waals surface area contributed by atoms with Crippen molar-refractivity contribution in [3.8, 4) is 0 Å². The van der Waals surface area contributed by atoms with Crippen molar-refractivity contribution >= 4 is 23.9 Å². The molecule has 0 bridgehead atoms. The number of aliphatic hydroxyl groups excluding tert-OH is 2. The average molecular weight is 276 g/mol. The summed E-state index contributed by atoms with van der Waals surface area (Å²) < 4.78 is 4.21. The molecule has 9 nitrogen and oxygen atoms in total. The minimum absolute atomic E-state index is 0.250. The van der Waals surface area contributed by atoms with Crippen molar-refractivity contribution in [1.29, 1.82) is 0 Å². The van der Waals surface area contributed by atoms with E-state index in [1.807, 2.05) is 0 Å². The predicted octanol–water partition coefficient (Wildman–Crippen LogP) is -1.86. The van der Waals surface area contributed by atoms with E-state index < -0.39 is 42.0 Å². The first-order valence-corrected chi connectivity index (χ1v) is 4.86. The lowest BCUT2D eigenvalue weighted by atomic mass is 10.1. The second-order valence-corrected chi connectivity index (χ2v) is 3.52. The third-order valence-electron chi connectivity index (χ3n) is 2.14. The number of carboxylic acid groups (broad SMARTS) is 2. The first-order valence-electron chi connectivity index (χ1n) is 4.86. The topological polar surface area (TPSA) is 158 Å². The number of carboxylic acids is 2. The molecular weight excluding hydrogens is 264 g/mol. The summed E-state index contributed by atoms with van der Waals surface area (Å²) in [5.74, 6) is -5.07. The van der Waals surface area contributed by atoms with Crippen LogP contribution in [-0.2, 0) is 23.9 Å². The molecule has 0 aromatic carbocycles. The number of ether oxygens (including phenoxy) is 1. The molecule has 1 rings (SSSR count). The van der Waals surface area contributed by atoms with Gasteiger partial charge in [-0.3, -0.25) is 4.79 Å². The highest BCUT2D eigenvalue weighted by Crippen LogP contribution is 2.19. The lowest BCUT2D eigenvalue weighted by molar-refractivity contribution is -0.165. The maximum Gasteiger partial charge on any atom is 0.341 e. The molecule has 0 aromatic heterocycles. The number of carbonyl (C=O) groups is 4. The van der Waals surface area contributed by atoms with Crippen molar-refractivity contribution in [3.05, 3.63) is 12.2 Å². The van der Waals surface area contributed by atoms with Gasteiger partial charge < -0.3 is 25.2 Å². The fourth-order valence-corrected chi connectivity index (χ4v) is 0.834. The molecule has 0 unspecified atom stereocenters. The monoisotopic (exact) mass is 276 g/mol. The second kappa shape index (κ2) is 6.61. The quantitative estimate of drug-likeness (QED) is 0.263. The smallest absolute Gasteiger partial charge is 0.341 e. The highest BCUT2D eigenvalue weighted by atomic mass is 16.6. The molecular formula is C10H12O9. The molecule has 0 spiro atoms. The molecule has 0 saturated carbocycles. The number of aliphatic carboxylic acids is 2. The molecule has 0 radical (unpaired) electrons. The fraction of sp³-hybridized carbons (Fsp3) is 0.400. The summed E-state index contributed by atoms with van der Waals surface area (Å²) in [5.41, 5.74) is 0.250. The molecule has 1 aliphatic rings. The Bertz CT molecular complexity index is 407. The summed E-state index contributed by atoms with van der Waals surface area (Å²) in [6.07, 6.45) is -4.53. The molecule has 0 amide bonds. The van der Waals surface area contributed by atoms with Crippen molar-refractivity contribution < 1.29 is 44.3 Å². The van der Waals surface area contributed by atoms with Crippen molar-refractivity contribution in [1.82, 2.24) is 0 Å². The van der Waals surface area contributed by atoms with E-state index in [0.29, 0.717) is 0 Å². The van der Waals surface area contributed by atoms with Crippen LogP contribution in [0, 0.1) is 5.92 Å². The van der Waals surface area contributed by atoms with Gasteiger partial charge in [0, 0.05) is 5.57 Å². The predicted molar refractivity (Wildman–Crippen MR) is 56.7 cm³/mol. The number of hydrogen-bond acceptors (Lipinski definition) is 7. The zero-order chi connectivity index (χ0) is 15.3. The average Bonchev–Trinajstić information content (AvgIpc) is 2.55. The van der Waals surface area contributed by atoms with Crippen LogP contribution in [0.25, 0.3) is 0 Å². The van der Waals surface area contributed by atoms with Gasteiger partial charge >= 0.3 is 23.9 Å². The summed E-state index contributed by atoms with van der Waals surface area (Å²) in [6, 6.07) is 0. The molecule has 106 valence electrons. The van der Waals surface area contributed by atoms with E-state index in [2.05, 4.69) is 11.3 Å². The van der Waals surface area contributed by atoms with Crippen LogP contribution in [-0.4, -0.2) is 56.5 Å². The Kier molecular flexibility index (Phi) is 5.83. The van der Waals surface area contributed by atoms with Gasteiger partial charge in [0.25, 0.3) is 0 Å². The zero-order valence-corrected chi connectivity index (χ0v) is 9.77. The molecule has 3 atom stereocenters. The van der Waals surface area contributed by atoms with Crippen molar-refractivity contribution in [2.45, 2.75) is 19.1 Å². The number of cyclic esters (lactones) is 2. The Morgan fingerprint density at radius 1 is 1.16 bits per heavy atom. The van der Waals surface area contributed by atoms with Gasteiger partial charge in [0.2, 0.25) is 0 Å². The summed E-state index contributed by atoms with van der Waals surface area (Å²) in [5, 5.41) is 32.5. The molecule has 1 heterocycles. The first-order chi connectivity index (χ1) is 8.59. The molecule has 1 saturated heterocycles. The molecule has 1 aliphatic heterocycles. The first kappa shape index (κ1) is 16.7. The normalized spacial score (nSPS) is 21.0. The van der Waals surface area contributed by atoms with Crippen molar-refractivity contribution in [2.24, 2.45) is 5.92 Å². The van der Waals surface area contributed by atoms with E-state index in [1.165, 1.54) is 0 Å². The molecule has 4 N–H and O–H groups in total.